The van der Waals surface area contributed by atoms with Crippen molar-refractivity contribution in [1.82, 2.24) is 14.6 Å². The van der Waals surface area contributed by atoms with Gasteiger partial charge in [0.2, 0.25) is 5.28 Å². The first kappa shape index (κ1) is 6.61. The summed E-state index contributed by atoms with van der Waals surface area (Å²) < 4.78 is 1.71. The van der Waals surface area contributed by atoms with Crippen LogP contribution < -0.4 is 0 Å². The Morgan fingerprint density at radius 3 is 3.18 bits per heavy atom. The van der Waals surface area contributed by atoms with Gasteiger partial charge in [-0.05, 0) is 30.2 Å². The van der Waals surface area contributed by atoms with E-state index in [0.717, 1.165) is 11.1 Å². The zero-order valence-electron chi connectivity index (χ0n) is 5.95. The van der Waals surface area contributed by atoms with Gasteiger partial charge in [-0.1, -0.05) is 0 Å². The van der Waals surface area contributed by atoms with Gasteiger partial charge in [0.25, 0.3) is 0 Å². The Bertz CT molecular complexity index is 393. The first-order chi connectivity index (χ1) is 5.27. The van der Waals surface area contributed by atoms with E-state index in [1.165, 1.54) is 0 Å². The van der Waals surface area contributed by atoms with Crippen LogP contribution in [0.1, 0.15) is 5.56 Å². The van der Waals surface area contributed by atoms with E-state index in [-0.39, 0.29) is 5.28 Å². The molecule has 0 saturated heterocycles. The number of aromatic nitrogens is 3. The van der Waals surface area contributed by atoms with Crippen molar-refractivity contribution < 1.29 is 0 Å². The Balaban J connectivity index is 2.86. The molecule has 0 aliphatic rings. The smallest absolute Gasteiger partial charge is 0.236 e. The lowest BCUT2D eigenvalue weighted by Gasteiger charge is -1.92. The van der Waals surface area contributed by atoms with Crippen molar-refractivity contribution in [3.8, 4) is 0 Å². The van der Waals surface area contributed by atoms with Gasteiger partial charge in [0.15, 0.2) is 0 Å². The van der Waals surface area contributed by atoms with Crippen molar-refractivity contribution in [3.05, 3.63) is 29.3 Å². The van der Waals surface area contributed by atoms with E-state index < -0.39 is 0 Å². The molecule has 0 unspecified atom stereocenters. The van der Waals surface area contributed by atoms with Crippen LogP contribution in [0.2, 0.25) is 5.28 Å². The Morgan fingerprint density at radius 1 is 1.55 bits per heavy atom. The minimum absolute atomic E-state index is 0.271. The highest BCUT2D eigenvalue weighted by Crippen LogP contribution is 2.09. The van der Waals surface area contributed by atoms with Crippen LogP contribution in [0.3, 0.4) is 0 Å². The van der Waals surface area contributed by atoms with Crippen molar-refractivity contribution in [3.63, 3.8) is 0 Å². The number of aryl methyl sites for hydroxylation is 1. The number of hydrogen-bond donors (Lipinski definition) is 0. The molecule has 11 heavy (non-hydrogen) atoms. The molecule has 3 nitrogen and oxygen atoms in total. The van der Waals surface area contributed by atoms with Crippen LogP contribution in [-0.4, -0.2) is 14.6 Å². The predicted molar refractivity (Wildman–Crippen MR) is 42.7 cm³/mol. The Hall–Kier alpha value is -1.09. The summed E-state index contributed by atoms with van der Waals surface area (Å²) in [5, 5.41) is 4.24. The van der Waals surface area contributed by atoms with Crippen molar-refractivity contribution in [2.24, 2.45) is 0 Å². The van der Waals surface area contributed by atoms with Crippen LogP contribution in [0, 0.1) is 6.92 Å². The van der Waals surface area contributed by atoms with Crippen LogP contribution in [0.4, 0.5) is 0 Å². The van der Waals surface area contributed by atoms with Crippen molar-refractivity contribution in [1.29, 1.82) is 0 Å². The van der Waals surface area contributed by atoms with Crippen LogP contribution in [0.15, 0.2) is 18.5 Å². The minimum Gasteiger partial charge on any atom is -0.236 e. The molecule has 56 valence electrons. The molecule has 0 aliphatic carbocycles. The molecule has 0 aliphatic heterocycles. The first-order valence-electron chi connectivity index (χ1n) is 3.24. The average molecular weight is 168 g/mol. The van der Waals surface area contributed by atoms with Gasteiger partial charge in [0.05, 0.1) is 11.7 Å². The fourth-order valence-corrected chi connectivity index (χ4v) is 1.14. The molecule has 0 spiro atoms. The van der Waals surface area contributed by atoms with Gasteiger partial charge < -0.3 is 0 Å². The van der Waals surface area contributed by atoms with Crippen LogP contribution in [-0.2, 0) is 0 Å². The second-order valence-electron chi connectivity index (χ2n) is 2.36. The van der Waals surface area contributed by atoms with Crippen LogP contribution in [0.5, 0.6) is 0 Å². The molecule has 2 aromatic heterocycles. The van der Waals surface area contributed by atoms with Gasteiger partial charge in [-0.2, -0.15) is 0 Å². The molecule has 0 atom stereocenters. The van der Waals surface area contributed by atoms with E-state index in [9.17, 15) is 0 Å². The summed E-state index contributed by atoms with van der Waals surface area (Å²) in [6.07, 6.45) is 3.57. The molecule has 2 heterocycles. The van der Waals surface area contributed by atoms with Crippen LogP contribution >= 0.6 is 11.6 Å². The molecule has 2 aromatic rings. The first-order valence-corrected chi connectivity index (χ1v) is 3.61. The standard InChI is InChI=1S/C7H6ClN3/c1-5-2-3-11-6(5)4-9-7(8)10-11/h2-4H,1H3. The molecule has 0 bridgehead atoms. The molecule has 0 radical (unpaired) electrons. The maximum atomic E-state index is 5.58. The molecule has 0 fully saturated rings. The molecular weight excluding hydrogens is 162 g/mol. The van der Waals surface area contributed by atoms with E-state index in [1.807, 2.05) is 19.2 Å². The second kappa shape index (κ2) is 2.20. The van der Waals surface area contributed by atoms with E-state index >= 15 is 0 Å². The van der Waals surface area contributed by atoms with Gasteiger partial charge in [0, 0.05) is 6.20 Å². The maximum Gasteiger partial charge on any atom is 0.241 e. The molecule has 0 saturated carbocycles. The summed E-state index contributed by atoms with van der Waals surface area (Å²) in [6, 6.07) is 1.97. The normalized spacial score (nSPS) is 10.7. The predicted octanol–water partition coefficient (Wildman–Crippen LogP) is 1.69. The Morgan fingerprint density at radius 2 is 2.36 bits per heavy atom. The van der Waals surface area contributed by atoms with Crippen molar-refractivity contribution in [2.45, 2.75) is 6.92 Å². The molecule has 0 aromatic carbocycles. The number of rotatable bonds is 0. The second-order valence-corrected chi connectivity index (χ2v) is 2.69. The maximum absolute atomic E-state index is 5.58. The highest BCUT2D eigenvalue weighted by atomic mass is 35.5. The van der Waals surface area contributed by atoms with E-state index in [0.29, 0.717) is 0 Å². The fourth-order valence-electron chi connectivity index (χ4n) is 1.01. The van der Waals surface area contributed by atoms with E-state index in [4.69, 9.17) is 11.6 Å². The molecule has 2 rings (SSSR count). The van der Waals surface area contributed by atoms with Gasteiger partial charge in [-0.25, -0.2) is 9.50 Å². The van der Waals surface area contributed by atoms with Crippen molar-refractivity contribution in [2.75, 3.05) is 0 Å². The third-order valence-corrected chi connectivity index (χ3v) is 1.77. The summed E-state index contributed by atoms with van der Waals surface area (Å²) >= 11 is 5.58. The third-order valence-electron chi connectivity index (χ3n) is 1.60. The molecular formula is C7H6ClN3. The monoisotopic (exact) mass is 167 g/mol. The summed E-state index contributed by atoms with van der Waals surface area (Å²) in [7, 11) is 0. The zero-order chi connectivity index (χ0) is 7.84. The highest BCUT2D eigenvalue weighted by Gasteiger charge is 1.98. The topological polar surface area (TPSA) is 30.2 Å². The lowest BCUT2D eigenvalue weighted by molar-refractivity contribution is 0.903. The zero-order valence-corrected chi connectivity index (χ0v) is 6.71. The minimum atomic E-state index is 0.271. The summed E-state index contributed by atoms with van der Waals surface area (Å²) in [5.74, 6) is 0. The van der Waals surface area contributed by atoms with E-state index in [1.54, 1.807) is 10.7 Å². The van der Waals surface area contributed by atoms with Gasteiger partial charge in [-0.15, -0.1) is 5.10 Å². The van der Waals surface area contributed by atoms with Crippen LogP contribution in [0.25, 0.3) is 5.52 Å². The Labute approximate surface area is 68.6 Å². The number of hydrogen-bond acceptors (Lipinski definition) is 2. The molecule has 0 amide bonds. The fraction of sp³-hybridized carbons (Fsp3) is 0.143. The van der Waals surface area contributed by atoms with Gasteiger partial charge >= 0.3 is 0 Å². The number of halogens is 1. The largest absolute Gasteiger partial charge is 0.241 e. The molecule has 4 heteroatoms. The highest BCUT2D eigenvalue weighted by molar-refractivity contribution is 6.28. The third kappa shape index (κ3) is 0.973. The summed E-state index contributed by atoms with van der Waals surface area (Å²) in [6.45, 7) is 2.01. The van der Waals surface area contributed by atoms with Gasteiger partial charge in [-0.3, -0.25) is 0 Å². The number of fused-ring (bicyclic) bond motifs is 1. The van der Waals surface area contributed by atoms with Crippen molar-refractivity contribution >= 4 is 17.1 Å². The summed E-state index contributed by atoms with van der Waals surface area (Å²) in [5.41, 5.74) is 2.15. The Kier molecular flexibility index (Phi) is 1.32. The van der Waals surface area contributed by atoms with E-state index in [2.05, 4.69) is 10.1 Å². The quantitative estimate of drug-likeness (QED) is 0.598. The molecule has 0 N–H and O–H groups in total. The lowest BCUT2D eigenvalue weighted by Crippen LogP contribution is -1.91. The lowest BCUT2D eigenvalue weighted by atomic mass is 10.3. The summed E-state index contributed by atoms with van der Waals surface area (Å²) in [4.78, 5) is 3.87. The van der Waals surface area contributed by atoms with Gasteiger partial charge in [0.1, 0.15) is 0 Å². The average Bonchev–Trinajstić information content (AvgIpc) is 2.32. The number of nitrogens with zero attached hydrogens (tertiary/aromatic N) is 3. The SMILES string of the molecule is Cc1ccn2nc(Cl)ncc12.